The first-order valence-electron chi connectivity index (χ1n) is 6.96. The van der Waals surface area contributed by atoms with Gasteiger partial charge in [0.25, 0.3) is 0 Å². The Morgan fingerprint density at radius 3 is 2.95 bits per heavy atom. The number of aryl methyl sites for hydroxylation is 2. The van der Waals surface area contributed by atoms with E-state index in [9.17, 15) is 0 Å². The highest BCUT2D eigenvalue weighted by Gasteiger charge is 2.23. The molecule has 3 heterocycles. The van der Waals surface area contributed by atoms with Gasteiger partial charge >= 0.3 is 0 Å². The van der Waals surface area contributed by atoms with E-state index in [0.29, 0.717) is 5.92 Å². The molecule has 2 aromatic heterocycles. The van der Waals surface area contributed by atoms with Crippen molar-refractivity contribution in [3.05, 3.63) is 41.4 Å². The van der Waals surface area contributed by atoms with Gasteiger partial charge in [-0.1, -0.05) is 0 Å². The zero-order valence-electron chi connectivity index (χ0n) is 11.8. The fourth-order valence-corrected chi connectivity index (χ4v) is 3.08. The van der Waals surface area contributed by atoms with Gasteiger partial charge in [0.05, 0.1) is 12.4 Å². The molecular weight excluding hydrogens is 238 g/mol. The van der Waals surface area contributed by atoms with Gasteiger partial charge in [0.1, 0.15) is 11.5 Å². The summed E-state index contributed by atoms with van der Waals surface area (Å²) in [6, 6.07) is 2.41. The molecule has 0 amide bonds. The lowest BCUT2D eigenvalue weighted by Crippen LogP contribution is -2.14. The molecule has 1 aliphatic heterocycles. The van der Waals surface area contributed by atoms with Crippen molar-refractivity contribution in [2.24, 2.45) is 0 Å². The maximum absolute atomic E-state index is 5.65. The van der Waals surface area contributed by atoms with Crippen LogP contribution < -0.4 is 5.32 Å². The molecule has 1 fully saturated rings. The summed E-state index contributed by atoms with van der Waals surface area (Å²) in [6.45, 7) is 8.41. The summed E-state index contributed by atoms with van der Waals surface area (Å²) in [5.41, 5.74) is 2.58. The summed E-state index contributed by atoms with van der Waals surface area (Å²) in [5.74, 6) is 2.57. The van der Waals surface area contributed by atoms with Crippen LogP contribution in [0.3, 0.4) is 0 Å². The van der Waals surface area contributed by atoms with Crippen LogP contribution >= 0.6 is 0 Å². The second-order valence-electron chi connectivity index (χ2n) is 5.46. The predicted octanol–water partition coefficient (Wildman–Crippen LogP) is 2.78. The first-order valence-corrected chi connectivity index (χ1v) is 6.96. The van der Waals surface area contributed by atoms with E-state index in [1.807, 2.05) is 26.4 Å². The lowest BCUT2D eigenvalue weighted by Gasteiger charge is -2.19. The van der Waals surface area contributed by atoms with Crippen molar-refractivity contribution in [3.8, 4) is 0 Å². The summed E-state index contributed by atoms with van der Waals surface area (Å²) in [4.78, 5) is 4.35. The Hall–Kier alpha value is -1.55. The molecule has 102 valence electrons. The molecule has 0 bridgehead atoms. The van der Waals surface area contributed by atoms with Crippen LogP contribution in [0.5, 0.6) is 0 Å². The highest BCUT2D eigenvalue weighted by Crippen LogP contribution is 2.29. The topological polar surface area (TPSA) is 43.0 Å². The van der Waals surface area contributed by atoms with E-state index in [1.165, 1.54) is 17.7 Å². The van der Waals surface area contributed by atoms with Crippen molar-refractivity contribution < 1.29 is 4.42 Å². The summed E-state index contributed by atoms with van der Waals surface area (Å²) < 4.78 is 7.94. The van der Waals surface area contributed by atoms with Crippen LogP contribution in [0.2, 0.25) is 0 Å². The quantitative estimate of drug-likeness (QED) is 0.921. The SMILES string of the molecule is Cc1cc(C(C)n2cncc2C2CCNC2)c(C)o1. The van der Waals surface area contributed by atoms with Gasteiger partial charge in [0.2, 0.25) is 0 Å². The number of nitrogens with zero attached hydrogens (tertiary/aromatic N) is 2. The average molecular weight is 259 g/mol. The third kappa shape index (κ3) is 2.21. The van der Waals surface area contributed by atoms with Crippen molar-refractivity contribution in [1.29, 1.82) is 0 Å². The van der Waals surface area contributed by atoms with Crippen molar-refractivity contribution in [2.45, 2.75) is 39.2 Å². The Kier molecular flexibility index (Phi) is 3.19. The largest absolute Gasteiger partial charge is 0.466 e. The number of hydrogen-bond donors (Lipinski definition) is 1. The number of aromatic nitrogens is 2. The van der Waals surface area contributed by atoms with E-state index in [0.717, 1.165) is 24.6 Å². The van der Waals surface area contributed by atoms with Gasteiger partial charge in [-0.25, -0.2) is 4.98 Å². The van der Waals surface area contributed by atoms with Gasteiger partial charge in [0.15, 0.2) is 0 Å². The minimum absolute atomic E-state index is 0.274. The molecule has 1 aliphatic rings. The standard InChI is InChI=1S/C15H21N3O/c1-10-6-14(12(3)19-10)11(2)18-9-17-8-15(18)13-4-5-16-7-13/h6,8-9,11,13,16H,4-5,7H2,1-3H3. The molecule has 2 unspecified atom stereocenters. The van der Waals surface area contributed by atoms with Crippen LogP contribution in [0, 0.1) is 13.8 Å². The molecule has 4 nitrogen and oxygen atoms in total. The number of imidazole rings is 1. The molecule has 3 rings (SSSR count). The van der Waals surface area contributed by atoms with Gasteiger partial charge in [-0.3, -0.25) is 0 Å². The van der Waals surface area contributed by atoms with Gasteiger partial charge in [-0.05, 0) is 39.8 Å². The lowest BCUT2D eigenvalue weighted by atomic mass is 10.0. The van der Waals surface area contributed by atoms with Crippen LogP contribution in [0.15, 0.2) is 23.0 Å². The Bertz CT molecular complexity index is 564. The molecule has 0 saturated carbocycles. The van der Waals surface area contributed by atoms with Crippen LogP contribution in [0.1, 0.15) is 48.1 Å². The van der Waals surface area contributed by atoms with Gasteiger partial charge in [-0.15, -0.1) is 0 Å². The van der Waals surface area contributed by atoms with Crippen LogP contribution in [-0.4, -0.2) is 22.6 Å². The van der Waals surface area contributed by atoms with E-state index in [2.05, 4.69) is 27.9 Å². The number of nitrogens with one attached hydrogen (secondary N) is 1. The van der Waals surface area contributed by atoms with E-state index < -0.39 is 0 Å². The summed E-state index contributed by atoms with van der Waals surface area (Å²) in [5, 5.41) is 3.42. The number of rotatable bonds is 3. The maximum Gasteiger partial charge on any atom is 0.106 e. The lowest BCUT2D eigenvalue weighted by molar-refractivity contribution is 0.491. The second kappa shape index (κ2) is 4.85. The van der Waals surface area contributed by atoms with Crippen LogP contribution in [-0.2, 0) is 0 Å². The van der Waals surface area contributed by atoms with Crippen molar-refractivity contribution in [3.63, 3.8) is 0 Å². The molecule has 0 spiro atoms. The van der Waals surface area contributed by atoms with Gasteiger partial charge < -0.3 is 14.3 Å². The monoisotopic (exact) mass is 259 g/mol. The van der Waals surface area contributed by atoms with Crippen molar-refractivity contribution in [2.75, 3.05) is 13.1 Å². The molecule has 2 aromatic rings. The molecule has 19 heavy (non-hydrogen) atoms. The third-order valence-corrected chi connectivity index (χ3v) is 4.12. The molecular formula is C15H21N3O. The van der Waals surface area contributed by atoms with Gasteiger partial charge in [-0.2, -0.15) is 0 Å². The highest BCUT2D eigenvalue weighted by molar-refractivity contribution is 5.26. The van der Waals surface area contributed by atoms with E-state index in [-0.39, 0.29) is 6.04 Å². The Morgan fingerprint density at radius 2 is 2.32 bits per heavy atom. The minimum atomic E-state index is 0.274. The third-order valence-electron chi connectivity index (χ3n) is 4.12. The molecule has 0 radical (unpaired) electrons. The van der Waals surface area contributed by atoms with E-state index in [1.54, 1.807) is 0 Å². The Morgan fingerprint density at radius 1 is 1.47 bits per heavy atom. The Balaban J connectivity index is 1.93. The van der Waals surface area contributed by atoms with Crippen molar-refractivity contribution in [1.82, 2.24) is 14.9 Å². The molecule has 0 aromatic carbocycles. The van der Waals surface area contributed by atoms with E-state index in [4.69, 9.17) is 4.42 Å². The first-order chi connectivity index (χ1) is 9.16. The first kappa shape index (κ1) is 12.5. The average Bonchev–Trinajstić information content (AvgIpc) is 3.06. The molecule has 2 atom stereocenters. The smallest absolute Gasteiger partial charge is 0.106 e. The van der Waals surface area contributed by atoms with Crippen LogP contribution in [0.25, 0.3) is 0 Å². The minimum Gasteiger partial charge on any atom is -0.466 e. The highest BCUT2D eigenvalue weighted by atomic mass is 16.3. The molecule has 1 saturated heterocycles. The fourth-order valence-electron chi connectivity index (χ4n) is 3.08. The van der Waals surface area contributed by atoms with Crippen molar-refractivity contribution >= 4 is 0 Å². The van der Waals surface area contributed by atoms with E-state index >= 15 is 0 Å². The fraction of sp³-hybridized carbons (Fsp3) is 0.533. The normalized spacial score (nSPS) is 20.9. The number of hydrogen-bond acceptors (Lipinski definition) is 3. The molecule has 1 N–H and O–H groups in total. The second-order valence-corrected chi connectivity index (χ2v) is 5.46. The summed E-state index contributed by atoms with van der Waals surface area (Å²) >= 11 is 0. The molecule has 4 heteroatoms. The zero-order valence-corrected chi connectivity index (χ0v) is 11.8. The predicted molar refractivity (Wildman–Crippen MR) is 74.4 cm³/mol. The van der Waals surface area contributed by atoms with Crippen LogP contribution in [0.4, 0.5) is 0 Å². The summed E-state index contributed by atoms with van der Waals surface area (Å²) in [7, 11) is 0. The maximum atomic E-state index is 5.65. The molecule has 0 aliphatic carbocycles. The zero-order chi connectivity index (χ0) is 13.4. The summed E-state index contributed by atoms with van der Waals surface area (Å²) in [6.07, 6.45) is 5.15. The Labute approximate surface area is 113 Å². The number of furan rings is 1. The van der Waals surface area contributed by atoms with Gasteiger partial charge in [0, 0.05) is 29.9 Å².